The molecule has 0 spiro atoms. The van der Waals surface area contributed by atoms with Gasteiger partial charge in [-0.3, -0.25) is 4.79 Å². The minimum atomic E-state index is -0.355. The number of nitrogens with zero attached hydrogens (tertiary/aromatic N) is 1. The zero-order valence-electron chi connectivity index (χ0n) is 11.6. The fraction of sp³-hybridized carbons (Fsp3) is 0.188. The van der Waals surface area contributed by atoms with Crippen LogP contribution in [-0.4, -0.2) is 24.4 Å². The minimum Gasteiger partial charge on any atom is -0.376 e. The van der Waals surface area contributed by atoms with Crippen molar-refractivity contribution in [1.82, 2.24) is 4.90 Å². The van der Waals surface area contributed by atoms with Gasteiger partial charge in [-0.2, -0.15) is 0 Å². The van der Waals surface area contributed by atoms with Crippen molar-refractivity contribution in [3.63, 3.8) is 0 Å². The van der Waals surface area contributed by atoms with Crippen LogP contribution in [0, 0.1) is 11.6 Å². The molecule has 1 amide bonds. The Morgan fingerprint density at radius 1 is 1.10 bits per heavy atom. The summed E-state index contributed by atoms with van der Waals surface area (Å²) >= 11 is 0. The Kier molecular flexibility index (Phi) is 4.87. The molecule has 0 aliphatic rings. The first-order valence-corrected chi connectivity index (χ1v) is 6.52. The average Bonchev–Trinajstić information content (AvgIpc) is 2.47. The SMILES string of the molecule is CN(Cc1ccc(F)cc1)C(=O)CNc1cccc(F)c1. The second-order valence-electron chi connectivity index (χ2n) is 4.74. The second kappa shape index (κ2) is 6.83. The Morgan fingerprint density at radius 2 is 1.81 bits per heavy atom. The van der Waals surface area contributed by atoms with E-state index in [1.807, 2.05) is 0 Å². The maximum absolute atomic E-state index is 13.0. The molecule has 0 saturated heterocycles. The van der Waals surface area contributed by atoms with E-state index in [0.29, 0.717) is 12.2 Å². The summed E-state index contributed by atoms with van der Waals surface area (Å²) < 4.78 is 25.8. The highest BCUT2D eigenvalue weighted by atomic mass is 19.1. The van der Waals surface area contributed by atoms with Gasteiger partial charge in [-0.15, -0.1) is 0 Å². The lowest BCUT2D eigenvalue weighted by atomic mass is 10.2. The van der Waals surface area contributed by atoms with E-state index in [0.717, 1.165) is 5.56 Å². The molecule has 2 aromatic rings. The Labute approximate surface area is 122 Å². The molecule has 0 unspecified atom stereocenters. The zero-order chi connectivity index (χ0) is 15.2. The zero-order valence-corrected chi connectivity index (χ0v) is 11.6. The molecule has 0 atom stereocenters. The van der Waals surface area contributed by atoms with E-state index in [-0.39, 0.29) is 24.1 Å². The monoisotopic (exact) mass is 290 g/mol. The summed E-state index contributed by atoms with van der Waals surface area (Å²) in [6.07, 6.45) is 0. The van der Waals surface area contributed by atoms with Crippen molar-refractivity contribution < 1.29 is 13.6 Å². The van der Waals surface area contributed by atoms with Crippen molar-refractivity contribution in [2.45, 2.75) is 6.54 Å². The van der Waals surface area contributed by atoms with Crippen LogP contribution in [0.25, 0.3) is 0 Å². The third-order valence-electron chi connectivity index (χ3n) is 3.03. The van der Waals surface area contributed by atoms with Crippen molar-refractivity contribution in [3.8, 4) is 0 Å². The van der Waals surface area contributed by atoms with Gasteiger partial charge in [0.2, 0.25) is 5.91 Å². The molecule has 5 heteroatoms. The summed E-state index contributed by atoms with van der Waals surface area (Å²) in [6, 6.07) is 11.9. The van der Waals surface area contributed by atoms with Gasteiger partial charge in [0.1, 0.15) is 11.6 Å². The van der Waals surface area contributed by atoms with E-state index in [4.69, 9.17) is 0 Å². The van der Waals surface area contributed by atoms with Crippen molar-refractivity contribution in [1.29, 1.82) is 0 Å². The molecule has 2 aromatic carbocycles. The van der Waals surface area contributed by atoms with E-state index in [2.05, 4.69) is 5.32 Å². The predicted molar refractivity (Wildman–Crippen MR) is 77.8 cm³/mol. The first-order chi connectivity index (χ1) is 10.0. The molecule has 0 aliphatic carbocycles. The molecule has 0 radical (unpaired) electrons. The number of nitrogens with one attached hydrogen (secondary N) is 1. The fourth-order valence-electron chi connectivity index (χ4n) is 1.86. The molecule has 0 aliphatic heterocycles. The van der Waals surface area contributed by atoms with E-state index in [1.165, 1.54) is 29.2 Å². The predicted octanol–water partition coefficient (Wildman–Crippen LogP) is 3.04. The van der Waals surface area contributed by atoms with E-state index in [9.17, 15) is 13.6 Å². The van der Waals surface area contributed by atoms with Crippen LogP contribution in [0.15, 0.2) is 48.5 Å². The summed E-state index contributed by atoms with van der Waals surface area (Å²) in [5.74, 6) is -0.795. The Morgan fingerprint density at radius 3 is 2.48 bits per heavy atom. The van der Waals surface area contributed by atoms with Crippen LogP contribution in [-0.2, 0) is 11.3 Å². The van der Waals surface area contributed by atoms with Crippen molar-refractivity contribution in [2.24, 2.45) is 0 Å². The van der Waals surface area contributed by atoms with Crippen LogP contribution in [0.1, 0.15) is 5.56 Å². The Hall–Kier alpha value is -2.43. The lowest BCUT2D eigenvalue weighted by Crippen LogP contribution is -2.31. The number of rotatable bonds is 5. The van der Waals surface area contributed by atoms with Gasteiger partial charge in [0.05, 0.1) is 6.54 Å². The third-order valence-corrected chi connectivity index (χ3v) is 3.03. The van der Waals surface area contributed by atoms with Crippen LogP contribution in [0.5, 0.6) is 0 Å². The van der Waals surface area contributed by atoms with Crippen LogP contribution in [0.2, 0.25) is 0 Å². The van der Waals surface area contributed by atoms with Gasteiger partial charge in [-0.05, 0) is 35.9 Å². The van der Waals surface area contributed by atoms with Gasteiger partial charge >= 0.3 is 0 Å². The normalized spacial score (nSPS) is 10.2. The Balaban J connectivity index is 1.86. The second-order valence-corrected chi connectivity index (χ2v) is 4.74. The molecule has 3 nitrogen and oxygen atoms in total. The quantitative estimate of drug-likeness (QED) is 0.918. The van der Waals surface area contributed by atoms with E-state index >= 15 is 0 Å². The van der Waals surface area contributed by atoms with Gasteiger partial charge in [0.15, 0.2) is 0 Å². The largest absolute Gasteiger partial charge is 0.376 e. The number of carbonyl (C=O) groups excluding carboxylic acids is 1. The lowest BCUT2D eigenvalue weighted by Gasteiger charge is -2.18. The highest BCUT2D eigenvalue weighted by Gasteiger charge is 2.09. The number of carbonyl (C=O) groups is 1. The van der Waals surface area contributed by atoms with Gasteiger partial charge in [-0.25, -0.2) is 8.78 Å². The summed E-state index contributed by atoms with van der Waals surface area (Å²) in [7, 11) is 1.67. The van der Waals surface area contributed by atoms with Gasteiger partial charge < -0.3 is 10.2 Å². The highest BCUT2D eigenvalue weighted by molar-refractivity contribution is 5.80. The molecule has 21 heavy (non-hydrogen) atoms. The summed E-state index contributed by atoms with van der Waals surface area (Å²) in [4.78, 5) is 13.5. The maximum atomic E-state index is 13.0. The standard InChI is InChI=1S/C16H16F2N2O/c1-20(11-12-5-7-13(17)8-6-12)16(21)10-19-15-4-2-3-14(18)9-15/h2-9,19H,10-11H2,1H3. The fourth-order valence-corrected chi connectivity index (χ4v) is 1.86. The summed E-state index contributed by atoms with van der Waals surface area (Å²) in [5, 5.41) is 2.87. The van der Waals surface area contributed by atoms with Gasteiger partial charge in [-0.1, -0.05) is 18.2 Å². The highest BCUT2D eigenvalue weighted by Crippen LogP contribution is 2.09. The minimum absolute atomic E-state index is 0.0706. The molecule has 0 heterocycles. The maximum Gasteiger partial charge on any atom is 0.241 e. The lowest BCUT2D eigenvalue weighted by molar-refractivity contribution is -0.128. The molecule has 1 N–H and O–H groups in total. The van der Waals surface area contributed by atoms with E-state index in [1.54, 1.807) is 31.3 Å². The molecule has 0 bridgehead atoms. The van der Waals surface area contributed by atoms with Crippen LogP contribution in [0.3, 0.4) is 0 Å². The Bertz CT molecular complexity index is 614. The molecule has 0 fully saturated rings. The number of likely N-dealkylation sites (N-methyl/N-ethyl adjacent to an activating group) is 1. The van der Waals surface area contributed by atoms with Crippen molar-refractivity contribution in [2.75, 3.05) is 18.9 Å². The molecular weight excluding hydrogens is 274 g/mol. The molecular formula is C16H16F2N2O. The summed E-state index contributed by atoms with van der Waals surface area (Å²) in [6.45, 7) is 0.463. The average molecular weight is 290 g/mol. The van der Waals surface area contributed by atoms with Gasteiger partial charge in [0.25, 0.3) is 0 Å². The van der Waals surface area contributed by atoms with Crippen molar-refractivity contribution in [3.05, 3.63) is 65.7 Å². The molecule has 0 aromatic heterocycles. The summed E-state index contributed by atoms with van der Waals surface area (Å²) in [5.41, 5.74) is 1.40. The molecule has 2 rings (SSSR count). The van der Waals surface area contributed by atoms with Crippen LogP contribution in [0.4, 0.5) is 14.5 Å². The number of hydrogen-bond acceptors (Lipinski definition) is 2. The smallest absolute Gasteiger partial charge is 0.241 e. The third kappa shape index (κ3) is 4.56. The molecule has 0 saturated carbocycles. The molecule has 110 valence electrons. The first kappa shape index (κ1) is 15.0. The number of amides is 1. The van der Waals surface area contributed by atoms with E-state index < -0.39 is 0 Å². The number of hydrogen-bond donors (Lipinski definition) is 1. The van der Waals surface area contributed by atoms with Crippen molar-refractivity contribution >= 4 is 11.6 Å². The number of halogens is 2. The topological polar surface area (TPSA) is 32.3 Å². The number of benzene rings is 2. The number of anilines is 1. The van der Waals surface area contributed by atoms with Gasteiger partial charge in [0, 0.05) is 19.3 Å². The van der Waals surface area contributed by atoms with Crippen LogP contribution >= 0.6 is 0 Å². The van der Waals surface area contributed by atoms with Crippen LogP contribution < -0.4 is 5.32 Å². The first-order valence-electron chi connectivity index (χ1n) is 6.52.